The molecule has 1 aliphatic heterocycles. The van der Waals surface area contributed by atoms with Crippen molar-refractivity contribution in [2.45, 2.75) is 68.7 Å². The summed E-state index contributed by atoms with van der Waals surface area (Å²) in [5.41, 5.74) is 18.2. The first-order valence-electron chi connectivity index (χ1n) is 21.5. The third kappa shape index (κ3) is 5.58. The molecule has 2 aromatic heterocycles. The van der Waals surface area contributed by atoms with Gasteiger partial charge in [-0.05, 0) is 132 Å². The second-order valence-corrected chi connectivity index (χ2v) is 17.1. The molecule has 6 aliphatic rings. The molecule has 0 fully saturated rings. The number of pyridine rings is 1. The number of furan rings is 1. The average molecular weight is 751 g/mol. The highest BCUT2D eigenvalue weighted by atomic mass is 16.3. The van der Waals surface area contributed by atoms with Gasteiger partial charge in [0.15, 0.2) is 0 Å². The number of aromatic nitrogens is 1. The molecule has 6 aromatic rings. The van der Waals surface area contributed by atoms with Crippen LogP contribution in [-0.4, -0.2) is 11.0 Å². The maximum Gasteiger partial charge on any atom is 0.135 e. The Bertz CT molecular complexity index is 2870. The molecule has 0 radical (unpaired) electrons. The van der Waals surface area contributed by atoms with Gasteiger partial charge in [-0.2, -0.15) is 0 Å². The molecule has 0 bridgehead atoms. The van der Waals surface area contributed by atoms with Gasteiger partial charge in [0, 0.05) is 57.2 Å². The number of hydrogen-bond donors (Lipinski definition) is 0. The summed E-state index contributed by atoms with van der Waals surface area (Å²) in [5.74, 6) is 1.17. The van der Waals surface area contributed by atoms with Crippen LogP contribution in [0.2, 0.25) is 0 Å². The van der Waals surface area contributed by atoms with Crippen LogP contribution in [0.5, 0.6) is 0 Å². The fourth-order valence-electron chi connectivity index (χ4n) is 10.9. The number of allylic oxidation sites excluding steroid dienone is 12. The lowest BCUT2D eigenvalue weighted by atomic mass is 9.70. The van der Waals surface area contributed by atoms with Crippen molar-refractivity contribution in [3.8, 4) is 0 Å². The molecule has 3 heteroatoms. The fourth-order valence-corrected chi connectivity index (χ4v) is 10.9. The number of fused-ring (bicyclic) bond motifs is 9. The van der Waals surface area contributed by atoms with Gasteiger partial charge in [0.2, 0.25) is 0 Å². The molecule has 0 saturated carbocycles. The van der Waals surface area contributed by atoms with Gasteiger partial charge in [0.1, 0.15) is 11.2 Å². The molecule has 58 heavy (non-hydrogen) atoms. The number of para-hydroxylation sites is 2. The third-order valence-electron chi connectivity index (χ3n) is 13.8. The molecule has 0 spiro atoms. The van der Waals surface area contributed by atoms with E-state index in [-0.39, 0.29) is 17.9 Å². The van der Waals surface area contributed by atoms with E-state index in [0.29, 0.717) is 11.8 Å². The van der Waals surface area contributed by atoms with E-state index in [1.54, 1.807) is 0 Å². The molecule has 3 nitrogen and oxygen atoms in total. The Hall–Kier alpha value is -6.19. The Morgan fingerprint density at radius 2 is 1.53 bits per heavy atom. The van der Waals surface area contributed by atoms with Gasteiger partial charge in [-0.25, -0.2) is 0 Å². The first-order chi connectivity index (χ1) is 28.7. The Kier molecular flexibility index (Phi) is 8.03. The number of rotatable bonds is 5. The highest BCUT2D eigenvalue weighted by Gasteiger charge is 2.39. The monoisotopic (exact) mass is 750 g/mol. The molecule has 4 aromatic carbocycles. The highest BCUT2D eigenvalue weighted by molar-refractivity contribution is 6.06. The van der Waals surface area contributed by atoms with E-state index in [2.05, 4.69) is 163 Å². The Morgan fingerprint density at radius 3 is 2.45 bits per heavy atom. The number of anilines is 2. The largest absolute Gasteiger partial charge is 0.456 e. The first kappa shape index (κ1) is 33.9. The average Bonchev–Trinajstić information content (AvgIpc) is 3.84. The minimum Gasteiger partial charge on any atom is -0.456 e. The van der Waals surface area contributed by atoms with Crippen LogP contribution < -0.4 is 4.90 Å². The molecular weight excluding hydrogens is 705 g/mol. The lowest BCUT2D eigenvalue weighted by Gasteiger charge is -2.35. The maximum atomic E-state index is 6.21. The molecule has 0 saturated heterocycles. The molecular formula is C55H46N2O. The smallest absolute Gasteiger partial charge is 0.135 e. The van der Waals surface area contributed by atoms with Gasteiger partial charge in [0.25, 0.3) is 0 Å². The summed E-state index contributed by atoms with van der Waals surface area (Å²) in [6.45, 7) is 0. The zero-order valence-electron chi connectivity index (χ0n) is 32.7. The predicted molar refractivity (Wildman–Crippen MR) is 239 cm³/mol. The lowest BCUT2D eigenvalue weighted by Crippen LogP contribution is -2.29. The summed E-state index contributed by atoms with van der Waals surface area (Å²) in [6.07, 6.45) is 32.0. The lowest BCUT2D eigenvalue weighted by molar-refractivity contribution is 0.668. The van der Waals surface area contributed by atoms with Crippen LogP contribution in [0.15, 0.2) is 179 Å². The van der Waals surface area contributed by atoms with Gasteiger partial charge < -0.3 is 9.32 Å². The van der Waals surface area contributed by atoms with Gasteiger partial charge >= 0.3 is 0 Å². The van der Waals surface area contributed by atoms with Crippen LogP contribution in [0, 0.1) is 5.92 Å². The second kappa shape index (κ2) is 13.7. The SMILES string of the molecule is C1=CCC(c2cc(C3=CCCCC3)cc(C3CC4=CCC(C5=CC6c7ccccc7N(c7ccc8oc9ccccc9c8c7)C6C=C5)C=C4c4ccccc43)n2)C=C1. The molecule has 3 heterocycles. The van der Waals surface area contributed by atoms with Crippen LogP contribution in [0.25, 0.3) is 33.1 Å². The van der Waals surface area contributed by atoms with Crippen molar-refractivity contribution < 1.29 is 4.42 Å². The zero-order valence-corrected chi connectivity index (χ0v) is 32.7. The van der Waals surface area contributed by atoms with Gasteiger partial charge in [0.05, 0.1) is 6.04 Å². The van der Waals surface area contributed by atoms with Crippen molar-refractivity contribution in [2.24, 2.45) is 5.92 Å². The van der Waals surface area contributed by atoms with E-state index >= 15 is 0 Å². The van der Waals surface area contributed by atoms with Crippen molar-refractivity contribution in [1.29, 1.82) is 0 Å². The third-order valence-corrected chi connectivity index (χ3v) is 13.8. The molecule has 5 aliphatic carbocycles. The van der Waals surface area contributed by atoms with Crippen LogP contribution in [0.3, 0.4) is 0 Å². The van der Waals surface area contributed by atoms with Crippen molar-refractivity contribution in [2.75, 3.05) is 4.90 Å². The summed E-state index contributed by atoms with van der Waals surface area (Å²) in [5, 5.41) is 2.33. The van der Waals surface area contributed by atoms with Gasteiger partial charge in [-0.1, -0.05) is 121 Å². The summed E-state index contributed by atoms with van der Waals surface area (Å²) in [4.78, 5) is 8.06. The zero-order chi connectivity index (χ0) is 38.2. The highest BCUT2D eigenvalue weighted by Crippen LogP contribution is 2.52. The van der Waals surface area contributed by atoms with Gasteiger partial charge in [-0.15, -0.1) is 0 Å². The minimum atomic E-state index is 0.216. The topological polar surface area (TPSA) is 29.3 Å². The molecule has 282 valence electrons. The standard InChI is InChI=1S/C55H46N2O/c1-3-13-35(14-4-1)40-32-50(36-15-5-2-6-16-36)56-51(33-40)47-31-39-24-23-37(29-46(39)42-17-7-8-18-43(42)47)38-25-27-53-48(30-38)44-19-9-11-21-52(44)57(53)41-26-28-55-49(34-41)45-20-10-12-22-54(45)58-55/h2,5-13,15,17-22,24-30,32-34,36-37,47-48,53H,1,3-4,14,16,23,31H2. The van der Waals surface area contributed by atoms with Crippen LogP contribution in [0.4, 0.5) is 11.4 Å². The van der Waals surface area contributed by atoms with Crippen molar-refractivity contribution in [1.82, 2.24) is 4.98 Å². The number of benzene rings is 4. The molecule has 0 N–H and O–H groups in total. The van der Waals surface area contributed by atoms with Crippen LogP contribution >= 0.6 is 0 Å². The second-order valence-electron chi connectivity index (χ2n) is 17.1. The van der Waals surface area contributed by atoms with E-state index in [1.807, 2.05) is 6.07 Å². The van der Waals surface area contributed by atoms with E-state index in [0.717, 1.165) is 36.8 Å². The molecule has 0 amide bonds. The van der Waals surface area contributed by atoms with Gasteiger partial charge in [-0.3, -0.25) is 4.98 Å². The summed E-state index contributed by atoms with van der Waals surface area (Å²) in [6, 6.07) is 38.3. The van der Waals surface area contributed by atoms with Crippen LogP contribution in [0.1, 0.15) is 96.3 Å². The fraction of sp³-hybridized carbons (Fsp3) is 0.218. The Labute approximate surface area is 340 Å². The van der Waals surface area contributed by atoms with E-state index < -0.39 is 0 Å². The molecule has 5 unspecified atom stereocenters. The Morgan fingerprint density at radius 1 is 0.672 bits per heavy atom. The minimum absolute atomic E-state index is 0.216. The first-order valence-corrected chi connectivity index (χ1v) is 21.5. The predicted octanol–water partition coefficient (Wildman–Crippen LogP) is 14.2. The number of nitrogens with zero attached hydrogens (tertiary/aromatic N) is 2. The quantitative estimate of drug-likeness (QED) is 0.176. The van der Waals surface area contributed by atoms with Crippen LogP contribution in [-0.2, 0) is 0 Å². The van der Waals surface area contributed by atoms with Crippen molar-refractivity contribution in [3.63, 3.8) is 0 Å². The summed E-state index contributed by atoms with van der Waals surface area (Å²) < 4.78 is 6.21. The number of hydrogen-bond acceptors (Lipinski definition) is 3. The van der Waals surface area contributed by atoms with Crippen molar-refractivity contribution >= 4 is 44.5 Å². The summed E-state index contributed by atoms with van der Waals surface area (Å²) >= 11 is 0. The maximum absolute atomic E-state index is 6.21. The van der Waals surface area contributed by atoms with E-state index in [9.17, 15) is 0 Å². The summed E-state index contributed by atoms with van der Waals surface area (Å²) in [7, 11) is 0. The molecule has 12 rings (SSSR count). The molecule has 5 atom stereocenters. The Balaban J connectivity index is 0.883. The van der Waals surface area contributed by atoms with Crippen molar-refractivity contribution in [3.05, 3.63) is 209 Å². The van der Waals surface area contributed by atoms with E-state index in [4.69, 9.17) is 9.40 Å². The normalized spacial score (nSPS) is 24.4. The van der Waals surface area contributed by atoms with E-state index in [1.165, 1.54) is 97.3 Å².